The maximum Gasteiger partial charge on any atom is 0.294 e. The Morgan fingerprint density at radius 2 is 2.33 bits per heavy atom. The SMILES string of the molecule is O=COC(CS)NCCNC(=O)c1cnccn1. The van der Waals surface area contributed by atoms with Gasteiger partial charge in [0.2, 0.25) is 0 Å². The van der Waals surface area contributed by atoms with E-state index in [1.807, 2.05) is 0 Å². The lowest BCUT2D eigenvalue weighted by molar-refractivity contribution is -0.133. The molecule has 0 aliphatic heterocycles. The van der Waals surface area contributed by atoms with Gasteiger partial charge >= 0.3 is 0 Å². The van der Waals surface area contributed by atoms with E-state index >= 15 is 0 Å². The number of aromatic nitrogens is 2. The van der Waals surface area contributed by atoms with Crippen molar-refractivity contribution in [3.8, 4) is 0 Å². The van der Waals surface area contributed by atoms with Crippen LogP contribution in [-0.2, 0) is 9.53 Å². The highest BCUT2D eigenvalue weighted by atomic mass is 32.1. The molecule has 1 amide bonds. The summed E-state index contributed by atoms with van der Waals surface area (Å²) in [7, 11) is 0. The normalized spacial score (nSPS) is 11.6. The molecule has 2 N–H and O–H groups in total. The van der Waals surface area contributed by atoms with E-state index in [1.165, 1.54) is 18.6 Å². The lowest BCUT2D eigenvalue weighted by Crippen LogP contribution is -2.39. The Kier molecular flexibility index (Phi) is 6.74. The molecule has 8 heteroatoms. The number of rotatable bonds is 8. The van der Waals surface area contributed by atoms with E-state index < -0.39 is 6.23 Å². The lowest BCUT2D eigenvalue weighted by atomic mass is 10.4. The molecule has 18 heavy (non-hydrogen) atoms. The van der Waals surface area contributed by atoms with Crippen molar-refractivity contribution in [2.24, 2.45) is 0 Å². The third-order valence-corrected chi connectivity index (χ3v) is 2.30. The quantitative estimate of drug-likeness (QED) is 0.248. The van der Waals surface area contributed by atoms with Gasteiger partial charge in [-0.05, 0) is 0 Å². The third kappa shape index (κ3) is 5.11. The fraction of sp³-hybridized carbons (Fsp3) is 0.400. The molecule has 1 unspecified atom stereocenters. The fourth-order valence-corrected chi connectivity index (χ4v) is 1.35. The maximum atomic E-state index is 11.5. The Morgan fingerprint density at radius 3 is 2.94 bits per heavy atom. The van der Waals surface area contributed by atoms with Gasteiger partial charge in [-0.15, -0.1) is 0 Å². The number of hydrogen-bond acceptors (Lipinski definition) is 7. The van der Waals surface area contributed by atoms with Crippen LogP contribution in [0.25, 0.3) is 0 Å². The first-order chi connectivity index (χ1) is 8.77. The molecule has 0 spiro atoms. The largest absolute Gasteiger partial charge is 0.448 e. The van der Waals surface area contributed by atoms with Gasteiger partial charge in [0, 0.05) is 31.2 Å². The van der Waals surface area contributed by atoms with Crippen molar-refractivity contribution in [2.75, 3.05) is 18.8 Å². The monoisotopic (exact) mass is 270 g/mol. The average molecular weight is 270 g/mol. The summed E-state index contributed by atoms with van der Waals surface area (Å²) < 4.78 is 4.68. The molecule has 0 radical (unpaired) electrons. The van der Waals surface area contributed by atoms with E-state index in [-0.39, 0.29) is 11.6 Å². The van der Waals surface area contributed by atoms with Crippen LogP contribution in [-0.4, -0.2) is 47.4 Å². The number of nitrogens with one attached hydrogen (secondary N) is 2. The zero-order valence-electron chi connectivity index (χ0n) is 9.57. The van der Waals surface area contributed by atoms with Gasteiger partial charge in [0.25, 0.3) is 12.4 Å². The van der Waals surface area contributed by atoms with Crippen molar-refractivity contribution >= 4 is 25.0 Å². The first-order valence-electron chi connectivity index (χ1n) is 5.25. The molecule has 0 aliphatic rings. The number of carbonyl (C=O) groups excluding carboxylic acids is 2. The molecule has 0 saturated heterocycles. The molecule has 0 saturated carbocycles. The van der Waals surface area contributed by atoms with Gasteiger partial charge in [0.05, 0.1) is 6.20 Å². The van der Waals surface area contributed by atoms with Crippen LogP contribution < -0.4 is 10.6 Å². The number of carbonyl (C=O) groups is 2. The molecule has 0 aliphatic carbocycles. The summed E-state index contributed by atoms with van der Waals surface area (Å²) in [5.74, 6) is 0.0558. The highest BCUT2D eigenvalue weighted by Gasteiger charge is 2.07. The Balaban J connectivity index is 2.22. The molecular formula is C10H14N4O3S. The van der Waals surface area contributed by atoms with Crippen molar-refractivity contribution in [3.63, 3.8) is 0 Å². The molecule has 1 aromatic heterocycles. The van der Waals surface area contributed by atoms with Gasteiger partial charge in [-0.25, -0.2) is 4.98 Å². The van der Waals surface area contributed by atoms with Crippen molar-refractivity contribution in [1.29, 1.82) is 0 Å². The molecule has 1 atom stereocenters. The van der Waals surface area contributed by atoms with Crippen LogP contribution in [0.5, 0.6) is 0 Å². The van der Waals surface area contributed by atoms with E-state index in [4.69, 9.17) is 0 Å². The van der Waals surface area contributed by atoms with Crippen molar-refractivity contribution in [1.82, 2.24) is 20.6 Å². The molecule has 0 aromatic carbocycles. The van der Waals surface area contributed by atoms with Crippen LogP contribution in [0.1, 0.15) is 10.5 Å². The Bertz CT molecular complexity index is 377. The standard InChI is InChI=1S/C10H14N4O3S/c15-7-17-9(6-18)13-3-4-14-10(16)8-5-11-1-2-12-8/h1-2,5,7,9,13,18H,3-4,6H2,(H,14,16). The number of hydrogen-bond donors (Lipinski definition) is 3. The highest BCUT2D eigenvalue weighted by Crippen LogP contribution is 1.90. The van der Waals surface area contributed by atoms with Gasteiger partial charge < -0.3 is 10.1 Å². The van der Waals surface area contributed by atoms with Crippen LogP contribution in [0.15, 0.2) is 18.6 Å². The molecule has 7 nitrogen and oxygen atoms in total. The van der Waals surface area contributed by atoms with Crippen LogP contribution in [0.3, 0.4) is 0 Å². The number of amides is 1. The Labute approximate surface area is 110 Å². The van der Waals surface area contributed by atoms with E-state index in [1.54, 1.807) is 0 Å². The minimum atomic E-state index is -0.459. The molecule has 98 valence electrons. The lowest BCUT2D eigenvalue weighted by Gasteiger charge is -2.14. The summed E-state index contributed by atoms with van der Waals surface area (Å²) in [5.41, 5.74) is 0.257. The first kappa shape index (κ1) is 14.4. The second kappa shape index (κ2) is 8.43. The smallest absolute Gasteiger partial charge is 0.294 e. The summed E-state index contributed by atoms with van der Waals surface area (Å²) in [4.78, 5) is 29.3. The molecule has 0 fully saturated rings. The molecular weight excluding hydrogens is 256 g/mol. The van der Waals surface area contributed by atoms with Gasteiger partial charge in [-0.2, -0.15) is 12.6 Å². The van der Waals surface area contributed by atoms with E-state index in [2.05, 4.69) is 38.0 Å². The third-order valence-electron chi connectivity index (χ3n) is 1.96. The van der Waals surface area contributed by atoms with Crippen LogP contribution in [0, 0.1) is 0 Å². The number of ether oxygens (including phenoxy) is 1. The number of nitrogens with zero attached hydrogens (tertiary/aromatic N) is 2. The van der Waals surface area contributed by atoms with E-state index in [9.17, 15) is 9.59 Å². The summed E-state index contributed by atoms with van der Waals surface area (Å²) in [5, 5.41) is 5.54. The van der Waals surface area contributed by atoms with E-state index in [0.29, 0.717) is 25.3 Å². The molecule has 1 rings (SSSR count). The summed E-state index contributed by atoms with van der Waals surface area (Å²) in [6.45, 7) is 1.18. The molecule has 1 aromatic rings. The zero-order chi connectivity index (χ0) is 13.2. The Hall–Kier alpha value is -1.67. The highest BCUT2D eigenvalue weighted by molar-refractivity contribution is 7.80. The molecule has 0 bridgehead atoms. The van der Waals surface area contributed by atoms with Gasteiger partial charge in [0.1, 0.15) is 5.69 Å². The van der Waals surface area contributed by atoms with Gasteiger partial charge in [-0.1, -0.05) is 0 Å². The minimum Gasteiger partial charge on any atom is -0.448 e. The fourth-order valence-electron chi connectivity index (χ4n) is 1.14. The summed E-state index contributed by atoms with van der Waals surface area (Å²) in [6, 6.07) is 0. The van der Waals surface area contributed by atoms with Gasteiger partial charge in [-0.3, -0.25) is 19.9 Å². The maximum absolute atomic E-state index is 11.5. The number of thiol groups is 1. The predicted octanol–water partition coefficient (Wildman–Crippen LogP) is -0.775. The van der Waals surface area contributed by atoms with Crippen LogP contribution >= 0.6 is 12.6 Å². The van der Waals surface area contributed by atoms with E-state index in [0.717, 1.165) is 0 Å². The topological polar surface area (TPSA) is 93.2 Å². The average Bonchev–Trinajstić information content (AvgIpc) is 2.43. The minimum absolute atomic E-state index is 0.257. The van der Waals surface area contributed by atoms with Crippen molar-refractivity contribution in [3.05, 3.63) is 24.3 Å². The second-order valence-electron chi connectivity index (χ2n) is 3.20. The molecule has 1 heterocycles. The predicted molar refractivity (Wildman–Crippen MR) is 67.2 cm³/mol. The first-order valence-corrected chi connectivity index (χ1v) is 5.88. The van der Waals surface area contributed by atoms with Crippen molar-refractivity contribution in [2.45, 2.75) is 6.23 Å². The summed E-state index contributed by atoms with van der Waals surface area (Å²) >= 11 is 4.00. The van der Waals surface area contributed by atoms with Crippen LogP contribution in [0.2, 0.25) is 0 Å². The van der Waals surface area contributed by atoms with Gasteiger partial charge in [0.15, 0.2) is 6.23 Å². The second-order valence-corrected chi connectivity index (χ2v) is 3.57. The van der Waals surface area contributed by atoms with Crippen molar-refractivity contribution < 1.29 is 14.3 Å². The zero-order valence-corrected chi connectivity index (χ0v) is 10.5. The Morgan fingerprint density at radius 1 is 1.50 bits per heavy atom. The van der Waals surface area contributed by atoms with Crippen LogP contribution in [0.4, 0.5) is 0 Å². The summed E-state index contributed by atoms with van der Waals surface area (Å²) in [6.07, 6.45) is 3.86.